The van der Waals surface area contributed by atoms with Gasteiger partial charge in [0.05, 0.1) is 11.8 Å². The first kappa shape index (κ1) is 19.8. The lowest BCUT2D eigenvalue weighted by molar-refractivity contribution is -0.120. The minimum Gasteiger partial charge on any atom is -0.487 e. The summed E-state index contributed by atoms with van der Waals surface area (Å²) in [5, 5.41) is 3.25. The normalized spacial score (nSPS) is 17.7. The van der Waals surface area contributed by atoms with Gasteiger partial charge in [0.1, 0.15) is 11.4 Å². The molecule has 27 heavy (non-hydrogen) atoms. The summed E-state index contributed by atoms with van der Waals surface area (Å²) in [6.45, 7) is 6.41. The van der Waals surface area contributed by atoms with Crippen LogP contribution in [-0.2, 0) is 10.5 Å². The van der Waals surface area contributed by atoms with E-state index < -0.39 is 0 Å². The zero-order valence-corrected chi connectivity index (χ0v) is 17.3. The number of fused-ring (bicyclic) bond motifs is 1. The van der Waals surface area contributed by atoms with Gasteiger partial charge < -0.3 is 10.1 Å². The number of hydrogen-bond donors (Lipinski definition) is 1. The molecule has 0 spiro atoms. The van der Waals surface area contributed by atoms with Crippen molar-refractivity contribution in [2.45, 2.75) is 57.4 Å². The molecule has 1 aliphatic heterocycles. The molecule has 0 aliphatic carbocycles. The molecule has 0 bridgehead atoms. The maximum atomic E-state index is 12.6. The van der Waals surface area contributed by atoms with Crippen LogP contribution in [0.3, 0.4) is 0 Å². The highest BCUT2D eigenvalue weighted by Gasteiger charge is 2.38. The van der Waals surface area contributed by atoms with Crippen LogP contribution < -0.4 is 10.1 Å². The van der Waals surface area contributed by atoms with Crippen molar-refractivity contribution in [1.29, 1.82) is 0 Å². The Hall–Kier alpha value is -1.94. The summed E-state index contributed by atoms with van der Waals surface area (Å²) in [4.78, 5) is 12.6. The number of amides is 1. The minimum absolute atomic E-state index is 0.0160. The molecule has 1 heterocycles. The molecule has 1 amide bonds. The van der Waals surface area contributed by atoms with Crippen molar-refractivity contribution in [2.24, 2.45) is 0 Å². The predicted octanol–water partition coefficient (Wildman–Crippen LogP) is 5.43. The molecule has 0 saturated carbocycles. The molecule has 1 N–H and O–H groups in total. The van der Waals surface area contributed by atoms with Gasteiger partial charge in [-0.15, -0.1) is 11.8 Å². The lowest BCUT2D eigenvalue weighted by Crippen LogP contribution is -2.44. The number of para-hydroxylation sites is 1. The molecule has 1 aliphatic rings. The van der Waals surface area contributed by atoms with E-state index in [1.807, 2.05) is 18.2 Å². The predicted molar refractivity (Wildman–Crippen MR) is 113 cm³/mol. The fourth-order valence-corrected chi connectivity index (χ4v) is 4.41. The Labute approximate surface area is 166 Å². The van der Waals surface area contributed by atoms with Gasteiger partial charge >= 0.3 is 0 Å². The van der Waals surface area contributed by atoms with Gasteiger partial charge in [0.25, 0.3) is 0 Å². The first-order valence-electron chi connectivity index (χ1n) is 9.76. The number of hydrogen-bond acceptors (Lipinski definition) is 3. The number of benzene rings is 2. The van der Waals surface area contributed by atoms with E-state index in [9.17, 15) is 4.79 Å². The average molecular weight is 384 g/mol. The number of ether oxygens (including phenoxy) is 1. The lowest BCUT2D eigenvalue weighted by Gasteiger charge is -2.41. The Morgan fingerprint density at radius 2 is 1.85 bits per heavy atom. The van der Waals surface area contributed by atoms with Crippen LogP contribution in [0.5, 0.6) is 5.75 Å². The average Bonchev–Trinajstić information content (AvgIpc) is 2.69. The van der Waals surface area contributed by atoms with Gasteiger partial charge in [-0.2, -0.15) is 0 Å². The first-order chi connectivity index (χ1) is 13.0. The van der Waals surface area contributed by atoms with E-state index in [0.717, 1.165) is 36.3 Å². The Bertz CT molecular complexity index is 768. The summed E-state index contributed by atoms with van der Waals surface area (Å²) < 4.78 is 6.32. The zero-order chi connectivity index (χ0) is 19.3. The topological polar surface area (TPSA) is 38.3 Å². The largest absolute Gasteiger partial charge is 0.487 e. The maximum absolute atomic E-state index is 12.6. The Balaban J connectivity index is 1.61. The van der Waals surface area contributed by atoms with E-state index in [0.29, 0.717) is 5.75 Å². The Kier molecular flexibility index (Phi) is 6.48. The fourth-order valence-electron chi connectivity index (χ4n) is 3.61. The van der Waals surface area contributed by atoms with Crippen LogP contribution >= 0.6 is 11.8 Å². The molecule has 144 valence electrons. The number of aryl methyl sites for hydroxylation is 1. The van der Waals surface area contributed by atoms with Crippen LogP contribution in [0.25, 0.3) is 0 Å². The molecule has 0 saturated heterocycles. The third kappa shape index (κ3) is 4.86. The summed E-state index contributed by atoms with van der Waals surface area (Å²) >= 11 is 1.66. The molecular formula is C23H29NO2S. The number of rotatable bonds is 7. The van der Waals surface area contributed by atoms with Crippen molar-refractivity contribution in [1.82, 2.24) is 5.32 Å². The molecule has 2 aromatic carbocycles. The molecule has 3 nitrogen and oxygen atoms in total. The molecule has 0 radical (unpaired) electrons. The summed E-state index contributed by atoms with van der Waals surface area (Å²) in [5.41, 5.74) is 3.41. The molecule has 0 aromatic heterocycles. The van der Waals surface area contributed by atoms with Gasteiger partial charge in [0.2, 0.25) is 5.91 Å². The quantitative estimate of drug-likeness (QED) is 0.693. The van der Waals surface area contributed by atoms with Crippen molar-refractivity contribution < 1.29 is 9.53 Å². The van der Waals surface area contributed by atoms with E-state index in [1.54, 1.807) is 11.8 Å². The van der Waals surface area contributed by atoms with Crippen molar-refractivity contribution >= 4 is 17.7 Å². The standard InChI is InChI=1S/C23H29NO2S/c1-4-23(5-2)14-20(19-8-6-7-9-21(19)26-23)24-22(25)16-27-15-18-12-10-17(3)11-13-18/h6-13,20H,4-5,14-16H2,1-3H3,(H,24,25)/t20-/m1/s1. The lowest BCUT2D eigenvalue weighted by atomic mass is 9.83. The second-order valence-corrected chi connectivity index (χ2v) is 8.32. The molecule has 1 atom stereocenters. The van der Waals surface area contributed by atoms with E-state index in [1.165, 1.54) is 11.1 Å². The van der Waals surface area contributed by atoms with Crippen molar-refractivity contribution in [3.8, 4) is 5.75 Å². The second kappa shape index (κ2) is 8.83. The van der Waals surface area contributed by atoms with Crippen LogP contribution in [-0.4, -0.2) is 17.3 Å². The third-order valence-corrected chi connectivity index (χ3v) is 6.45. The molecule has 0 unspecified atom stereocenters. The van der Waals surface area contributed by atoms with Crippen LogP contribution in [0.4, 0.5) is 0 Å². The van der Waals surface area contributed by atoms with E-state index >= 15 is 0 Å². The summed E-state index contributed by atoms with van der Waals surface area (Å²) in [7, 11) is 0. The third-order valence-electron chi connectivity index (χ3n) is 5.44. The fraction of sp³-hybridized carbons (Fsp3) is 0.435. The van der Waals surface area contributed by atoms with Crippen molar-refractivity contribution in [2.75, 3.05) is 5.75 Å². The minimum atomic E-state index is -0.193. The monoisotopic (exact) mass is 383 g/mol. The Morgan fingerprint density at radius 3 is 2.56 bits per heavy atom. The zero-order valence-electron chi connectivity index (χ0n) is 16.5. The highest BCUT2D eigenvalue weighted by atomic mass is 32.2. The summed E-state index contributed by atoms with van der Waals surface area (Å²) in [5.74, 6) is 2.32. The number of carbonyl (C=O) groups is 1. The van der Waals surface area contributed by atoms with E-state index in [4.69, 9.17) is 4.74 Å². The van der Waals surface area contributed by atoms with Gasteiger partial charge in [-0.1, -0.05) is 61.9 Å². The van der Waals surface area contributed by atoms with E-state index in [2.05, 4.69) is 56.4 Å². The SMILES string of the molecule is CCC1(CC)C[C@@H](NC(=O)CSCc2ccc(C)cc2)c2ccccc2O1. The summed E-state index contributed by atoms with van der Waals surface area (Å²) in [6.07, 6.45) is 2.70. The number of nitrogens with one attached hydrogen (secondary N) is 1. The Morgan fingerprint density at radius 1 is 1.15 bits per heavy atom. The molecule has 4 heteroatoms. The van der Waals surface area contributed by atoms with Gasteiger partial charge in [-0.25, -0.2) is 0 Å². The molecule has 3 rings (SSSR count). The maximum Gasteiger partial charge on any atom is 0.230 e. The van der Waals surface area contributed by atoms with E-state index in [-0.39, 0.29) is 17.6 Å². The molecular weight excluding hydrogens is 354 g/mol. The summed E-state index contributed by atoms with van der Waals surface area (Å²) in [6, 6.07) is 16.6. The smallest absolute Gasteiger partial charge is 0.230 e. The van der Waals surface area contributed by atoms with Crippen molar-refractivity contribution in [3.05, 3.63) is 65.2 Å². The number of carbonyl (C=O) groups excluding carboxylic acids is 1. The van der Waals surface area contributed by atoms with Crippen LogP contribution in [0.2, 0.25) is 0 Å². The van der Waals surface area contributed by atoms with Crippen molar-refractivity contribution in [3.63, 3.8) is 0 Å². The second-order valence-electron chi connectivity index (χ2n) is 7.33. The van der Waals surface area contributed by atoms with Crippen LogP contribution in [0.1, 0.15) is 55.8 Å². The highest BCUT2D eigenvalue weighted by molar-refractivity contribution is 7.99. The van der Waals surface area contributed by atoms with Gasteiger partial charge in [0, 0.05) is 17.7 Å². The van der Waals surface area contributed by atoms with Gasteiger partial charge in [-0.05, 0) is 31.4 Å². The van der Waals surface area contributed by atoms with Crippen LogP contribution in [0, 0.1) is 6.92 Å². The molecule has 0 fully saturated rings. The first-order valence-corrected chi connectivity index (χ1v) is 10.9. The van der Waals surface area contributed by atoms with Gasteiger partial charge in [0.15, 0.2) is 0 Å². The van der Waals surface area contributed by atoms with Crippen LogP contribution in [0.15, 0.2) is 48.5 Å². The highest BCUT2D eigenvalue weighted by Crippen LogP contribution is 2.42. The molecule has 2 aromatic rings. The number of thioether (sulfide) groups is 1. The van der Waals surface area contributed by atoms with Gasteiger partial charge in [-0.3, -0.25) is 4.79 Å².